The summed E-state index contributed by atoms with van der Waals surface area (Å²) in [6.45, 7) is 0.978. The van der Waals surface area contributed by atoms with Crippen LogP contribution >= 0.6 is 0 Å². The molecule has 0 bridgehead atoms. The summed E-state index contributed by atoms with van der Waals surface area (Å²) in [5.41, 5.74) is 7.98. The Balaban J connectivity index is 1.66. The van der Waals surface area contributed by atoms with Crippen molar-refractivity contribution in [1.29, 1.82) is 0 Å². The van der Waals surface area contributed by atoms with Gasteiger partial charge in [-0.1, -0.05) is 42.5 Å². The first-order valence-electron chi connectivity index (χ1n) is 7.69. The fourth-order valence-electron chi connectivity index (χ4n) is 2.78. The van der Waals surface area contributed by atoms with E-state index in [1.54, 1.807) is 12.1 Å². The summed E-state index contributed by atoms with van der Waals surface area (Å²) in [5, 5.41) is 13.7. The molecular weight excluding hydrogens is 308 g/mol. The van der Waals surface area contributed by atoms with Gasteiger partial charge in [-0.15, -0.1) is 0 Å². The summed E-state index contributed by atoms with van der Waals surface area (Å²) in [5.74, 6) is -0.338. The Morgan fingerprint density at radius 1 is 1.17 bits per heavy atom. The van der Waals surface area contributed by atoms with Crippen molar-refractivity contribution in [1.82, 2.24) is 16.2 Å². The second-order valence-electron chi connectivity index (χ2n) is 5.66. The molecule has 1 heterocycles. The Morgan fingerprint density at radius 2 is 1.88 bits per heavy atom. The maximum absolute atomic E-state index is 12.5. The molecule has 2 aromatic rings. The average Bonchev–Trinajstić information content (AvgIpc) is 3.10. The Bertz CT molecular complexity index is 718. The highest BCUT2D eigenvalue weighted by Crippen LogP contribution is 2.26. The zero-order valence-corrected chi connectivity index (χ0v) is 12.9. The van der Waals surface area contributed by atoms with Gasteiger partial charge in [-0.05, 0) is 11.1 Å². The summed E-state index contributed by atoms with van der Waals surface area (Å²) < 4.78 is 0. The van der Waals surface area contributed by atoms with Crippen LogP contribution in [0.4, 0.5) is 5.69 Å². The van der Waals surface area contributed by atoms with Crippen LogP contribution in [0.25, 0.3) is 0 Å². The van der Waals surface area contributed by atoms with Gasteiger partial charge in [0.05, 0.1) is 16.9 Å². The molecule has 2 unspecified atom stereocenters. The fraction of sp³-hybridized carbons (Fsp3) is 0.235. The molecule has 7 heteroatoms. The van der Waals surface area contributed by atoms with Gasteiger partial charge < -0.3 is 5.32 Å². The number of hydrogen-bond donors (Lipinski definition) is 3. The summed E-state index contributed by atoms with van der Waals surface area (Å²) in [6, 6.07) is 15.8. The van der Waals surface area contributed by atoms with Crippen LogP contribution < -0.4 is 16.2 Å². The lowest BCUT2D eigenvalue weighted by molar-refractivity contribution is -0.384. The number of nitro benzene ring substituents is 1. The minimum absolute atomic E-state index is 0.0368. The number of hydrazine groups is 1. The van der Waals surface area contributed by atoms with E-state index in [9.17, 15) is 14.9 Å². The maximum atomic E-state index is 12.5. The van der Waals surface area contributed by atoms with E-state index in [2.05, 4.69) is 16.2 Å². The van der Waals surface area contributed by atoms with E-state index in [0.717, 1.165) is 11.1 Å². The standard InChI is InChI=1S/C17H18N4O3/c22-17(18-10-12-4-2-1-3-5-12)15-11-19-20-16(15)13-6-8-14(9-7-13)21(23)24/h1-9,15-16,19-20H,10-11H2,(H,18,22). The van der Waals surface area contributed by atoms with Gasteiger partial charge in [-0.25, -0.2) is 5.43 Å². The lowest BCUT2D eigenvalue weighted by Crippen LogP contribution is -2.34. The molecule has 7 nitrogen and oxygen atoms in total. The van der Waals surface area contributed by atoms with E-state index < -0.39 is 4.92 Å². The van der Waals surface area contributed by atoms with Gasteiger partial charge >= 0.3 is 0 Å². The number of nitrogens with one attached hydrogen (secondary N) is 3. The number of nitrogens with zero attached hydrogens (tertiary/aromatic N) is 1. The Morgan fingerprint density at radius 3 is 2.54 bits per heavy atom. The Labute approximate surface area is 139 Å². The average molecular weight is 326 g/mol. The summed E-state index contributed by atoms with van der Waals surface area (Å²) in [4.78, 5) is 22.8. The first kappa shape index (κ1) is 16.1. The molecule has 0 aromatic heterocycles. The van der Waals surface area contributed by atoms with Gasteiger partial charge in [0.2, 0.25) is 5.91 Å². The molecule has 1 aliphatic rings. The molecule has 0 radical (unpaired) electrons. The van der Waals surface area contributed by atoms with Crippen LogP contribution in [0.15, 0.2) is 54.6 Å². The monoisotopic (exact) mass is 326 g/mol. The highest BCUT2D eigenvalue weighted by Gasteiger charge is 2.33. The van der Waals surface area contributed by atoms with Gasteiger partial charge in [-0.3, -0.25) is 20.3 Å². The summed E-state index contributed by atoms with van der Waals surface area (Å²) >= 11 is 0. The van der Waals surface area contributed by atoms with Crippen molar-refractivity contribution in [3.63, 3.8) is 0 Å². The molecule has 24 heavy (non-hydrogen) atoms. The molecule has 1 amide bonds. The van der Waals surface area contributed by atoms with Gasteiger partial charge in [0, 0.05) is 25.2 Å². The second-order valence-corrected chi connectivity index (χ2v) is 5.66. The molecule has 1 saturated heterocycles. The number of carbonyl (C=O) groups excluding carboxylic acids is 1. The van der Waals surface area contributed by atoms with E-state index in [1.165, 1.54) is 12.1 Å². The Hall–Kier alpha value is -2.77. The van der Waals surface area contributed by atoms with Crippen molar-refractivity contribution in [3.8, 4) is 0 Å². The molecule has 3 N–H and O–H groups in total. The summed E-state index contributed by atoms with van der Waals surface area (Å²) in [6.07, 6.45) is 0. The largest absolute Gasteiger partial charge is 0.352 e. The molecule has 3 rings (SSSR count). The number of hydrogen-bond acceptors (Lipinski definition) is 5. The van der Waals surface area contributed by atoms with E-state index in [0.29, 0.717) is 13.1 Å². The normalized spacial score (nSPS) is 19.8. The first-order chi connectivity index (χ1) is 11.6. The molecule has 0 aliphatic carbocycles. The quantitative estimate of drug-likeness (QED) is 0.574. The number of non-ortho nitro benzene ring substituents is 1. The zero-order valence-electron chi connectivity index (χ0n) is 12.9. The number of nitro groups is 1. The molecule has 1 aliphatic heterocycles. The van der Waals surface area contributed by atoms with E-state index in [-0.39, 0.29) is 23.6 Å². The van der Waals surface area contributed by atoms with Crippen molar-refractivity contribution >= 4 is 11.6 Å². The highest BCUT2D eigenvalue weighted by molar-refractivity contribution is 5.80. The molecule has 0 spiro atoms. The lowest BCUT2D eigenvalue weighted by Gasteiger charge is -2.18. The SMILES string of the molecule is O=C(NCc1ccccc1)C1CNNC1c1ccc([N+](=O)[O-])cc1. The highest BCUT2D eigenvalue weighted by atomic mass is 16.6. The smallest absolute Gasteiger partial charge is 0.269 e. The third-order valence-electron chi connectivity index (χ3n) is 4.09. The van der Waals surface area contributed by atoms with Crippen molar-refractivity contribution in [2.24, 2.45) is 5.92 Å². The zero-order chi connectivity index (χ0) is 16.9. The topological polar surface area (TPSA) is 96.3 Å². The van der Waals surface area contributed by atoms with Crippen molar-refractivity contribution in [3.05, 3.63) is 75.8 Å². The van der Waals surface area contributed by atoms with Crippen LogP contribution in [0, 0.1) is 16.0 Å². The van der Waals surface area contributed by atoms with Crippen LogP contribution in [-0.4, -0.2) is 17.4 Å². The van der Waals surface area contributed by atoms with E-state index in [4.69, 9.17) is 0 Å². The minimum atomic E-state index is -0.436. The number of carbonyl (C=O) groups is 1. The van der Waals surface area contributed by atoms with Gasteiger partial charge in [0.1, 0.15) is 0 Å². The van der Waals surface area contributed by atoms with Crippen LogP contribution in [0.2, 0.25) is 0 Å². The fourth-order valence-corrected chi connectivity index (χ4v) is 2.78. The third kappa shape index (κ3) is 3.58. The third-order valence-corrected chi connectivity index (χ3v) is 4.09. The second kappa shape index (κ2) is 7.20. The Kier molecular flexibility index (Phi) is 4.83. The lowest BCUT2D eigenvalue weighted by atomic mass is 9.94. The first-order valence-corrected chi connectivity index (χ1v) is 7.69. The molecule has 1 fully saturated rings. The predicted octanol–water partition coefficient (Wildman–Crippen LogP) is 1.68. The number of rotatable bonds is 5. The predicted molar refractivity (Wildman–Crippen MR) is 88.8 cm³/mol. The maximum Gasteiger partial charge on any atom is 0.269 e. The van der Waals surface area contributed by atoms with Gasteiger partial charge in [0.15, 0.2) is 0 Å². The van der Waals surface area contributed by atoms with Crippen LogP contribution in [-0.2, 0) is 11.3 Å². The van der Waals surface area contributed by atoms with Crippen molar-refractivity contribution in [2.45, 2.75) is 12.6 Å². The van der Waals surface area contributed by atoms with Crippen LogP contribution in [0.5, 0.6) is 0 Å². The molecule has 0 saturated carbocycles. The van der Waals surface area contributed by atoms with E-state index in [1.807, 2.05) is 30.3 Å². The van der Waals surface area contributed by atoms with Crippen LogP contribution in [0.1, 0.15) is 17.2 Å². The number of amides is 1. The molecule has 2 aromatic carbocycles. The van der Waals surface area contributed by atoms with Crippen molar-refractivity contribution in [2.75, 3.05) is 6.54 Å². The van der Waals surface area contributed by atoms with Gasteiger partial charge in [0.25, 0.3) is 5.69 Å². The van der Waals surface area contributed by atoms with Crippen molar-refractivity contribution < 1.29 is 9.72 Å². The molecule has 124 valence electrons. The minimum Gasteiger partial charge on any atom is -0.352 e. The summed E-state index contributed by atoms with van der Waals surface area (Å²) in [7, 11) is 0. The van der Waals surface area contributed by atoms with Crippen LogP contribution in [0.3, 0.4) is 0 Å². The van der Waals surface area contributed by atoms with Gasteiger partial charge in [-0.2, -0.15) is 0 Å². The molecule has 2 atom stereocenters. The van der Waals surface area contributed by atoms with E-state index >= 15 is 0 Å². The number of benzene rings is 2. The molecular formula is C17H18N4O3.